The average Bonchev–Trinajstić information content (AvgIpc) is 3.51. The number of hydrogen-bond donors (Lipinski definition) is 1. The lowest BCUT2D eigenvalue weighted by atomic mass is 10.1. The van der Waals surface area contributed by atoms with Gasteiger partial charge >= 0.3 is 12.3 Å². The van der Waals surface area contributed by atoms with Gasteiger partial charge in [0.25, 0.3) is 10.0 Å². The zero-order valence-electron chi connectivity index (χ0n) is 19.8. The minimum absolute atomic E-state index is 0.267. The predicted octanol–water partition coefficient (Wildman–Crippen LogP) is 6.24. The van der Waals surface area contributed by atoms with Crippen LogP contribution in [-0.2, 0) is 26.0 Å². The Morgan fingerprint density at radius 3 is 2.28 bits per heavy atom. The molecular weight excluding hydrogens is 515 g/mol. The van der Waals surface area contributed by atoms with Crippen LogP contribution in [0.2, 0.25) is 0 Å². The van der Waals surface area contributed by atoms with Gasteiger partial charge in [-0.2, -0.15) is 8.42 Å². The molecule has 0 saturated carbocycles. The molecule has 0 amide bonds. The summed E-state index contributed by atoms with van der Waals surface area (Å²) in [7, 11) is -2.33. The maximum Gasteiger partial charge on any atom is 0.519 e. The van der Waals surface area contributed by atoms with Crippen molar-refractivity contribution in [2.24, 2.45) is 0 Å². The first-order chi connectivity index (χ1) is 17.0. The quantitative estimate of drug-likeness (QED) is 0.292. The molecule has 2 aromatic heterocycles. The fraction of sp³-hybridized carbons (Fsp3) is 0.240. The molecule has 4 rings (SSSR count). The van der Waals surface area contributed by atoms with Crippen LogP contribution in [0.3, 0.4) is 0 Å². The fourth-order valence-corrected chi connectivity index (χ4v) is 5.95. The van der Waals surface area contributed by atoms with Crippen molar-refractivity contribution >= 4 is 38.2 Å². The molecule has 36 heavy (non-hydrogen) atoms. The van der Waals surface area contributed by atoms with E-state index in [1.54, 1.807) is 24.4 Å². The van der Waals surface area contributed by atoms with Gasteiger partial charge in [0.2, 0.25) is 0 Å². The van der Waals surface area contributed by atoms with Crippen molar-refractivity contribution in [2.45, 2.75) is 37.3 Å². The average molecular weight is 542 g/mol. The number of hydrogen-bond acceptors (Lipinski definition) is 6. The van der Waals surface area contributed by atoms with E-state index >= 15 is 0 Å². The van der Waals surface area contributed by atoms with Crippen molar-refractivity contribution in [1.29, 1.82) is 0 Å². The zero-order chi connectivity index (χ0) is 26.9. The number of nitrogens with zero attached hydrogens (tertiary/aromatic N) is 1. The molecule has 6 nitrogen and oxygen atoms in total. The van der Waals surface area contributed by atoms with Gasteiger partial charge in [-0.15, -0.1) is 24.5 Å². The van der Waals surface area contributed by atoms with E-state index in [0.29, 0.717) is 22.6 Å². The van der Waals surface area contributed by atoms with Gasteiger partial charge in [-0.1, -0.05) is 50.2 Å². The van der Waals surface area contributed by atoms with Gasteiger partial charge in [0, 0.05) is 22.9 Å². The number of methoxy groups -OCH3 is 1. The van der Waals surface area contributed by atoms with Gasteiger partial charge in [-0.3, -0.25) is 4.79 Å². The van der Waals surface area contributed by atoms with Crippen molar-refractivity contribution < 1.29 is 36.2 Å². The van der Waals surface area contributed by atoms with Crippen LogP contribution < -0.4 is 0 Å². The monoisotopic (exact) mass is 541 g/mol. The molecule has 0 saturated heterocycles. The van der Waals surface area contributed by atoms with E-state index in [1.807, 2.05) is 62.4 Å². The number of rotatable bonds is 6. The first kappa shape index (κ1) is 29.1. The number of aryl methyl sites for hydroxylation is 1. The second kappa shape index (κ2) is 12.7. The molecule has 0 fully saturated rings. The third kappa shape index (κ3) is 7.94. The van der Waals surface area contributed by atoms with Crippen molar-refractivity contribution in [3.63, 3.8) is 0 Å². The molecule has 194 valence electrons. The van der Waals surface area contributed by atoms with Gasteiger partial charge < -0.3 is 9.84 Å². The minimum atomic E-state index is -5.00. The van der Waals surface area contributed by atoms with E-state index in [4.69, 9.17) is 5.11 Å². The number of ether oxygens (including phenoxy) is 1. The van der Waals surface area contributed by atoms with Crippen LogP contribution in [-0.4, -0.2) is 36.9 Å². The summed E-state index contributed by atoms with van der Waals surface area (Å²) in [5.74, 6) is -0.267. The Bertz CT molecular complexity index is 1370. The molecule has 0 spiro atoms. The Morgan fingerprint density at radius 2 is 1.67 bits per heavy atom. The van der Waals surface area contributed by atoms with Crippen LogP contribution in [0.1, 0.15) is 25.8 Å². The molecule has 0 aliphatic carbocycles. The maximum absolute atomic E-state index is 13.2. The highest BCUT2D eigenvalue weighted by atomic mass is 32.2. The van der Waals surface area contributed by atoms with Crippen LogP contribution in [0.15, 0.2) is 77.1 Å². The number of carbonyl (C=O) groups excluding carboxylic acids is 1. The number of carbonyl (C=O) groups is 1. The molecule has 4 aromatic rings. The zero-order valence-corrected chi connectivity index (χ0v) is 21.5. The molecule has 2 heterocycles. The SMILES string of the molecule is CC.COC(=O)CCc1ccc2c(ccn2S(=O)(=O)c2ccc(-c3ccccc3)s2)c1.OC(F)(F)F. The van der Waals surface area contributed by atoms with Crippen molar-refractivity contribution in [3.8, 4) is 10.4 Å². The first-order valence-electron chi connectivity index (χ1n) is 10.9. The molecule has 0 aliphatic heterocycles. The van der Waals surface area contributed by atoms with Crippen LogP contribution in [0.5, 0.6) is 0 Å². The van der Waals surface area contributed by atoms with Crippen LogP contribution in [0, 0.1) is 0 Å². The number of aromatic nitrogens is 1. The summed E-state index contributed by atoms with van der Waals surface area (Å²) in [6.45, 7) is 4.00. The number of halogens is 3. The summed E-state index contributed by atoms with van der Waals surface area (Å²) >= 11 is 1.26. The molecule has 0 unspecified atom stereocenters. The summed E-state index contributed by atoms with van der Waals surface area (Å²) in [4.78, 5) is 12.2. The summed E-state index contributed by atoms with van der Waals surface area (Å²) in [6, 6.07) is 20.5. The highest BCUT2D eigenvalue weighted by Gasteiger charge is 2.22. The van der Waals surface area contributed by atoms with E-state index in [0.717, 1.165) is 21.4 Å². The number of esters is 1. The first-order valence-corrected chi connectivity index (χ1v) is 13.1. The van der Waals surface area contributed by atoms with Crippen LogP contribution in [0.25, 0.3) is 21.3 Å². The molecule has 1 N–H and O–H groups in total. The molecule has 0 bridgehead atoms. The molecule has 0 radical (unpaired) electrons. The standard InChI is InChI=1S/C22H19NO4S2.C2H6.CHF3O/c1-27-21(24)11-8-16-7-9-19-18(15-16)13-14-23(19)29(25,26)22-12-10-20(28-22)17-5-3-2-4-6-17;1-2;2-1(3,4)5/h2-7,9-10,12-15H,8,11H2,1H3;1-2H3;5H. The largest absolute Gasteiger partial charge is 0.519 e. The third-order valence-electron chi connectivity index (χ3n) is 4.72. The number of benzene rings is 2. The molecule has 0 atom stereocenters. The number of fused-ring (bicyclic) bond motifs is 1. The Kier molecular flexibility index (Phi) is 10.3. The third-order valence-corrected chi connectivity index (χ3v) is 8.01. The fourth-order valence-electron chi connectivity index (χ4n) is 3.19. The van der Waals surface area contributed by atoms with Crippen molar-refractivity contribution in [2.75, 3.05) is 7.11 Å². The van der Waals surface area contributed by atoms with Crippen LogP contribution in [0.4, 0.5) is 13.2 Å². The minimum Gasteiger partial charge on any atom is -0.469 e. The van der Waals surface area contributed by atoms with E-state index in [9.17, 15) is 26.4 Å². The lowest BCUT2D eigenvalue weighted by Gasteiger charge is -2.06. The lowest BCUT2D eigenvalue weighted by Crippen LogP contribution is -2.10. The van der Waals surface area contributed by atoms with E-state index < -0.39 is 16.4 Å². The van der Waals surface area contributed by atoms with Gasteiger partial charge in [-0.25, -0.2) is 3.97 Å². The summed E-state index contributed by atoms with van der Waals surface area (Å²) in [5, 5.41) is 7.34. The molecule has 0 aliphatic rings. The van der Waals surface area contributed by atoms with Crippen LogP contribution >= 0.6 is 11.3 Å². The molecule has 2 aromatic carbocycles. The van der Waals surface area contributed by atoms with E-state index in [-0.39, 0.29) is 5.97 Å². The second-order valence-corrected chi connectivity index (χ2v) is 10.2. The lowest BCUT2D eigenvalue weighted by molar-refractivity contribution is -0.295. The Labute approximate surface area is 211 Å². The maximum atomic E-state index is 13.2. The normalized spacial score (nSPS) is 11.2. The van der Waals surface area contributed by atoms with Crippen molar-refractivity contribution in [1.82, 2.24) is 3.97 Å². The number of thiophene rings is 1. The summed E-state index contributed by atoms with van der Waals surface area (Å²) in [6.07, 6.45) is -2.59. The van der Waals surface area contributed by atoms with Gasteiger partial charge in [-0.05, 0) is 47.9 Å². The highest BCUT2D eigenvalue weighted by molar-refractivity contribution is 7.92. The molecular formula is C25H26F3NO5S2. The van der Waals surface area contributed by atoms with Crippen molar-refractivity contribution in [3.05, 3.63) is 78.5 Å². The Balaban J connectivity index is 0.000000583. The van der Waals surface area contributed by atoms with E-state index in [1.165, 1.54) is 22.4 Å². The second-order valence-electron chi connectivity index (χ2n) is 7.04. The summed E-state index contributed by atoms with van der Waals surface area (Å²) in [5.41, 5.74) is 2.56. The number of aliphatic hydroxyl groups is 1. The smallest absolute Gasteiger partial charge is 0.469 e. The number of alkyl halides is 3. The summed E-state index contributed by atoms with van der Waals surface area (Å²) < 4.78 is 62.4. The van der Waals surface area contributed by atoms with Gasteiger partial charge in [0.15, 0.2) is 0 Å². The Hall–Kier alpha value is -3.15. The van der Waals surface area contributed by atoms with Gasteiger partial charge in [0.1, 0.15) is 4.21 Å². The topological polar surface area (TPSA) is 85.6 Å². The predicted molar refractivity (Wildman–Crippen MR) is 134 cm³/mol. The Morgan fingerprint density at radius 1 is 1.03 bits per heavy atom. The molecule has 11 heteroatoms. The van der Waals surface area contributed by atoms with E-state index in [2.05, 4.69) is 4.74 Å². The van der Waals surface area contributed by atoms with Gasteiger partial charge in [0.05, 0.1) is 12.6 Å². The highest BCUT2D eigenvalue weighted by Crippen LogP contribution is 2.33.